The number of aryl methyl sites for hydroxylation is 1. The van der Waals surface area contributed by atoms with Gasteiger partial charge in [0.05, 0.1) is 7.11 Å². The quantitative estimate of drug-likeness (QED) is 0.744. The second kappa shape index (κ2) is 8.79. The molecule has 122 valence electrons. The summed E-state index contributed by atoms with van der Waals surface area (Å²) in [6, 6.07) is 7.59. The van der Waals surface area contributed by atoms with E-state index in [0.29, 0.717) is 17.9 Å². The summed E-state index contributed by atoms with van der Waals surface area (Å²) in [5.41, 5.74) is 0.197. The number of halogens is 1. The van der Waals surface area contributed by atoms with Crippen molar-refractivity contribution in [2.24, 2.45) is 0 Å². The Bertz CT molecular complexity index is 501. The monoisotopic (exact) mass is 325 g/mol. The van der Waals surface area contributed by atoms with Gasteiger partial charge >= 0.3 is 5.97 Å². The highest BCUT2D eigenvalue weighted by atomic mass is 35.5. The van der Waals surface area contributed by atoms with Crippen LogP contribution in [-0.4, -0.2) is 24.5 Å². The van der Waals surface area contributed by atoms with Crippen LogP contribution in [0.3, 0.4) is 0 Å². The summed E-state index contributed by atoms with van der Waals surface area (Å²) in [4.78, 5) is 23.9. The van der Waals surface area contributed by atoms with E-state index in [-0.39, 0.29) is 5.91 Å². The molecule has 0 spiro atoms. The van der Waals surface area contributed by atoms with E-state index in [9.17, 15) is 9.59 Å². The molecular formula is C17H24ClNO3. The van der Waals surface area contributed by atoms with Gasteiger partial charge in [0, 0.05) is 11.4 Å². The third kappa shape index (κ3) is 5.68. The highest BCUT2D eigenvalue weighted by Crippen LogP contribution is 2.16. The minimum atomic E-state index is -0.944. The molecule has 0 aliphatic rings. The Balaban J connectivity index is 2.47. The zero-order chi connectivity index (χ0) is 16.6. The predicted octanol–water partition coefficient (Wildman–Crippen LogP) is 3.51. The molecule has 1 amide bonds. The Morgan fingerprint density at radius 2 is 1.91 bits per heavy atom. The van der Waals surface area contributed by atoms with Crippen molar-refractivity contribution in [2.75, 3.05) is 7.11 Å². The summed E-state index contributed by atoms with van der Waals surface area (Å²) < 4.78 is 4.79. The number of rotatable bonds is 8. The summed E-state index contributed by atoms with van der Waals surface area (Å²) in [7, 11) is 1.34. The molecule has 0 aliphatic heterocycles. The smallest absolute Gasteiger partial charge is 0.331 e. The van der Waals surface area contributed by atoms with Crippen molar-refractivity contribution in [2.45, 2.75) is 51.5 Å². The second-order valence-electron chi connectivity index (χ2n) is 5.60. The number of ether oxygens (including phenoxy) is 1. The molecule has 22 heavy (non-hydrogen) atoms. The first-order chi connectivity index (χ1) is 10.4. The van der Waals surface area contributed by atoms with Gasteiger partial charge in [0.1, 0.15) is 5.54 Å². The molecule has 0 bridgehead atoms. The Kier molecular flexibility index (Phi) is 7.39. The molecule has 0 aromatic heterocycles. The number of carbonyl (C=O) groups is 2. The van der Waals surface area contributed by atoms with Crippen molar-refractivity contribution >= 4 is 23.5 Å². The van der Waals surface area contributed by atoms with Gasteiger partial charge in [0.2, 0.25) is 5.91 Å². The molecule has 1 unspecified atom stereocenters. The van der Waals surface area contributed by atoms with E-state index in [4.69, 9.17) is 16.3 Å². The molecule has 5 heteroatoms. The third-order valence-electron chi connectivity index (χ3n) is 3.58. The van der Waals surface area contributed by atoms with Crippen LogP contribution in [0.2, 0.25) is 5.02 Å². The number of nitrogens with one attached hydrogen (secondary N) is 1. The van der Waals surface area contributed by atoms with Gasteiger partial charge in [0.25, 0.3) is 0 Å². The van der Waals surface area contributed by atoms with Crippen LogP contribution in [0.25, 0.3) is 0 Å². The number of esters is 1. The molecule has 4 nitrogen and oxygen atoms in total. The van der Waals surface area contributed by atoms with Crippen LogP contribution in [0.4, 0.5) is 0 Å². The highest BCUT2D eigenvalue weighted by molar-refractivity contribution is 6.30. The molecule has 0 saturated heterocycles. The molecule has 1 aromatic rings. The average Bonchev–Trinajstić information content (AvgIpc) is 2.48. The molecule has 1 N–H and O–H groups in total. The van der Waals surface area contributed by atoms with Crippen LogP contribution in [0.15, 0.2) is 24.3 Å². The fraction of sp³-hybridized carbons (Fsp3) is 0.529. The van der Waals surface area contributed by atoms with E-state index in [0.717, 1.165) is 24.8 Å². The molecule has 1 rings (SSSR count). The van der Waals surface area contributed by atoms with Crippen LogP contribution in [0.5, 0.6) is 0 Å². The van der Waals surface area contributed by atoms with Gasteiger partial charge in [-0.1, -0.05) is 37.1 Å². The lowest BCUT2D eigenvalue weighted by atomic mass is 9.95. The van der Waals surface area contributed by atoms with Crippen LogP contribution in [0.1, 0.15) is 45.1 Å². The Morgan fingerprint density at radius 1 is 1.27 bits per heavy atom. The maximum atomic E-state index is 12.1. The van der Waals surface area contributed by atoms with E-state index in [1.165, 1.54) is 7.11 Å². The molecule has 0 radical (unpaired) electrons. The number of carbonyl (C=O) groups excluding carboxylic acids is 2. The number of methoxy groups -OCH3 is 1. The van der Waals surface area contributed by atoms with Crippen LogP contribution in [0, 0.1) is 0 Å². The zero-order valence-corrected chi connectivity index (χ0v) is 14.2. The van der Waals surface area contributed by atoms with Crippen molar-refractivity contribution < 1.29 is 14.3 Å². The Hall–Kier alpha value is -1.55. The lowest BCUT2D eigenvalue weighted by molar-refractivity contribution is -0.150. The normalized spacial score (nSPS) is 13.3. The van der Waals surface area contributed by atoms with Crippen molar-refractivity contribution in [3.8, 4) is 0 Å². The van der Waals surface area contributed by atoms with E-state index < -0.39 is 11.5 Å². The fourth-order valence-corrected chi connectivity index (χ4v) is 2.54. The van der Waals surface area contributed by atoms with Crippen molar-refractivity contribution in [3.63, 3.8) is 0 Å². The zero-order valence-electron chi connectivity index (χ0n) is 13.4. The minimum Gasteiger partial charge on any atom is -0.467 e. The molecular weight excluding hydrogens is 302 g/mol. The molecule has 0 saturated carbocycles. The lowest BCUT2D eigenvalue weighted by Gasteiger charge is -2.27. The van der Waals surface area contributed by atoms with Crippen LogP contribution in [-0.2, 0) is 20.7 Å². The topological polar surface area (TPSA) is 55.4 Å². The number of hydrogen-bond donors (Lipinski definition) is 1. The summed E-state index contributed by atoms with van der Waals surface area (Å²) >= 11 is 5.83. The third-order valence-corrected chi connectivity index (χ3v) is 3.84. The van der Waals surface area contributed by atoms with Crippen molar-refractivity contribution in [1.82, 2.24) is 5.32 Å². The first kappa shape index (κ1) is 18.5. The fourth-order valence-electron chi connectivity index (χ4n) is 2.42. The summed E-state index contributed by atoms with van der Waals surface area (Å²) in [6.45, 7) is 3.67. The predicted molar refractivity (Wildman–Crippen MR) is 87.9 cm³/mol. The number of amides is 1. The largest absolute Gasteiger partial charge is 0.467 e. The van der Waals surface area contributed by atoms with Gasteiger partial charge in [-0.05, 0) is 43.9 Å². The average molecular weight is 326 g/mol. The van der Waals surface area contributed by atoms with E-state index >= 15 is 0 Å². The van der Waals surface area contributed by atoms with Gasteiger partial charge in [-0.2, -0.15) is 0 Å². The Labute approximate surface area is 137 Å². The van der Waals surface area contributed by atoms with Crippen LogP contribution >= 0.6 is 11.6 Å². The first-order valence-electron chi connectivity index (χ1n) is 7.55. The van der Waals surface area contributed by atoms with Gasteiger partial charge in [0.15, 0.2) is 0 Å². The summed E-state index contributed by atoms with van der Waals surface area (Å²) in [5.74, 6) is -0.532. The Morgan fingerprint density at radius 3 is 2.45 bits per heavy atom. The van der Waals surface area contributed by atoms with Gasteiger partial charge in [-0.3, -0.25) is 4.79 Å². The lowest BCUT2D eigenvalue weighted by Crippen LogP contribution is -2.52. The van der Waals surface area contributed by atoms with E-state index in [1.54, 1.807) is 6.92 Å². The molecule has 1 aromatic carbocycles. The molecule has 0 heterocycles. The van der Waals surface area contributed by atoms with E-state index in [1.807, 2.05) is 31.2 Å². The summed E-state index contributed by atoms with van der Waals surface area (Å²) in [5, 5.41) is 3.51. The van der Waals surface area contributed by atoms with Crippen molar-refractivity contribution in [1.29, 1.82) is 0 Å². The maximum absolute atomic E-state index is 12.1. The molecule has 0 fully saturated rings. The maximum Gasteiger partial charge on any atom is 0.331 e. The first-order valence-corrected chi connectivity index (χ1v) is 7.93. The van der Waals surface area contributed by atoms with Gasteiger partial charge in [-0.15, -0.1) is 0 Å². The minimum absolute atomic E-state index is 0.129. The second-order valence-corrected chi connectivity index (χ2v) is 6.04. The SMILES string of the molecule is CCCC(C)(NC(=O)CCCc1ccc(Cl)cc1)C(=O)OC. The highest BCUT2D eigenvalue weighted by Gasteiger charge is 2.34. The number of benzene rings is 1. The van der Waals surface area contributed by atoms with Crippen molar-refractivity contribution in [3.05, 3.63) is 34.9 Å². The molecule has 0 aliphatic carbocycles. The van der Waals surface area contributed by atoms with Gasteiger partial charge in [-0.25, -0.2) is 4.79 Å². The molecule has 1 atom stereocenters. The van der Waals surface area contributed by atoms with E-state index in [2.05, 4.69) is 5.32 Å². The van der Waals surface area contributed by atoms with Gasteiger partial charge < -0.3 is 10.1 Å². The summed E-state index contributed by atoms with van der Waals surface area (Å²) in [6.07, 6.45) is 3.24. The number of hydrogen-bond acceptors (Lipinski definition) is 3. The van der Waals surface area contributed by atoms with Crippen LogP contribution < -0.4 is 5.32 Å². The standard InChI is InChI=1S/C17H24ClNO3/c1-4-12-17(2,16(21)22-3)19-15(20)7-5-6-13-8-10-14(18)11-9-13/h8-11H,4-7,12H2,1-3H3,(H,19,20).